The molecule has 1 aromatic carbocycles. The summed E-state index contributed by atoms with van der Waals surface area (Å²) < 4.78 is 5.54. The van der Waals surface area contributed by atoms with Crippen molar-refractivity contribution in [1.29, 1.82) is 0 Å². The van der Waals surface area contributed by atoms with Crippen LogP contribution in [0.25, 0.3) is 0 Å². The number of rotatable bonds is 4. The molecule has 0 aromatic heterocycles. The summed E-state index contributed by atoms with van der Waals surface area (Å²) >= 11 is 5.97. The van der Waals surface area contributed by atoms with E-state index in [2.05, 4.69) is 5.32 Å². The van der Waals surface area contributed by atoms with E-state index in [1.165, 1.54) is 19.3 Å². The normalized spacial score (nSPS) is 15.9. The minimum absolute atomic E-state index is 0.600. The van der Waals surface area contributed by atoms with Gasteiger partial charge in [0.25, 0.3) is 0 Å². The molecule has 0 radical (unpaired) electrons. The van der Waals surface area contributed by atoms with Gasteiger partial charge >= 0.3 is 0 Å². The number of hydrogen-bond donors (Lipinski definition) is 1. The Morgan fingerprint density at radius 2 is 2.27 bits per heavy atom. The van der Waals surface area contributed by atoms with Crippen LogP contribution in [0.3, 0.4) is 0 Å². The molecule has 0 heterocycles. The van der Waals surface area contributed by atoms with Gasteiger partial charge in [-0.25, -0.2) is 0 Å². The molecule has 0 bridgehead atoms. The van der Waals surface area contributed by atoms with Crippen molar-refractivity contribution in [3.8, 4) is 5.75 Å². The quantitative estimate of drug-likeness (QED) is 0.844. The molecule has 1 aliphatic carbocycles. The van der Waals surface area contributed by atoms with E-state index >= 15 is 0 Å². The van der Waals surface area contributed by atoms with Crippen molar-refractivity contribution in [2.75, 3.05) is 11.9 Å². The highest BCUT2D eigenvalue weighted by Gasteiger charge is 2.18. The summed E-state index contributed by atoms with van der Waals surface area (Å²) in [5.74, 6) is 0.897. The number of hydrogen-bond acceptors (Lipinski definition) is 2. The maximum absolute atomic E-state index is 5.97. The average Bonchev–Trinajstić information content (AvgIpc) is 2.16. The van der Waals surface area contributed by atoms with Gasteiger partial charge in [0.15, 0.2) is 0 Å². The van der Waals surface area contributed by atoms with Gasteiger partial charge in [-0.05, 0) is 44.4 Å². The van der Waals surface area contributed by atoms with E-state index in [4.69, 9.17) is 16.3 Å². The fourth-order valence-electron chi connectivity index (χ4n) is 1.67. The van der Waals surface area contributed by atoms with Crippen LogP contribution in [0.1, 0.15) is 26.2 Å². The molecule has 0 aliphatic heterocycles. The van der Waals surface area contributed by atoms with Gasteiger partial charge in [-0.2, -0.15) is 0 Å². The molecule has 1 aliphatic rings. The van der Waals surface area contributed by atoms with Crippen LogP contribution in [0, 0.1) is 0 Å². The van der Waals surface area contributed by atoms with Gasteiger partial charge in [-0.3, -0.25) is 0 Å². The molecule has 1 saturated carbocycles. The number of anilines is 1. The van der Waals surface area contributed by atoms with Crippen LogP contribution in [0.5, 0.6) is 5.75 Å². The Labute approximate surface area is 95.6 Å². The minimum atomic E-state index is 0.600. The van der Waals surface area contributed by atoms with Crippen molar-refractivity contribution in [3.05, 3.63) is 23.2 Å². The SMILES string of the molecule is CCOc1ccc(Cl)cc1NC1CCC1. The molecule has 0 unspecified atom stereocenters. The van der Waals surface area contributed by atoms with Crippen LogP contribution in [0.4, 0.5) is 5.69 Å². The maximum atomic E-state index is 5.97. The highest BCUT2D eigenvalue weighted by Crippen LogP contribution is 2.31. The van der Waals surface area contributed by atoms with Crippen LogP contribution < -0.4 is 10.1 Å². The van der Waals surface area contributed by atoms with E-state index in [1.807, 2.05) is 25.1 Å². The molecular weight excluding hydrogens is 210 g/mol. The third kappa shape index (κ3) is 2.57. The predicted octanol–water partition coefficient (Wildman–Crippen LogP) is 3.70. The monoisotopic (exact) mass is 225 g/mol. The number of benzene rings is 1. The summed E-state index contributed by atoms with van der Waals surface area (Å²) in [6.45, 7) is 2.67. The Balaban J connectivity index is 2.13. The van der Waals surface area contributed by atoms with Crippen LogP contribution in [-0.2, 0) is 0 Å². The molecule has 82 valence electrons. The molecule has 1 fully saturated rings. The Hall–Kier alpha value is -0.890. The van der Waals surface area contributed by atoms with Crippen molar-refractivity contribution >= 4 is 17.3 Å². The molecule has 0 spiro atoms. The zero-order valence-electron chi connectivity index (χ0n) is 8.92. The van der Waals surface area contributed by atoms with Gasteiger partial charge < -0.3 is 10.1 Å². The van der Waals surface area contributed by atoms with Gasteiger partial charge in [-0.15, -0.1) is 0 Å². The summed E-state index contributed by atoms with van der Waals surface area (Å²) in [6, 6.07) is 6.32. The maximum Gasteiger partial charge on any atom is 0.142 e. The Bertz CT molecular complexity index is 336. The van der Waals surface area contributed by atoms with Crippen molar-refractivity contribution in [2.24, 2.45) is 0 Å². The molecular formula is C12H16ClNO. The summed E-state index contributed by atoms with van der Waals surface area (Å²) in [4.78, 5) is 0. The minimum Gasteiger partial charge on any atom is -0.492 e. The fourth-order valence-corrected chi connectivity index (χ4v) is 1.84. The topological polar surface area (TPSA) is 21.3 Å². The first-order chi connectivity index (χ1) is 7.29. The van der Waals surface area contributed by atoms with E-state index in [9.17, 15) is 0 Å². The van der Waals surface area contributed by atoms with Crippen LogP contribution in [0.15, 0.2) is 18.2 Å². The van der Waals surface area contributed by atoms with E-state index < -0.39 is 0 Å². The largest absolute Gasteiger partial charge is 0.492 e. The molecule has 2 rings (SSSR count). The lowest BCUT2D eigenvalue weighted by atomic mass is 9.93. The van der Waals surface area contributed by atoms with Gasteiger partial charge in [-0.1, -0.05) is 11.6 Å². The standard InChI is InChI=1S/C12H16ClNO/c1-2-15-12-7-6-9(13)8-11(12)14-10-4-3-5-10/h6-8,10,14H,2-5H2,1H3. The van der Waals surface area contributed by atoms with Crippen molar-refractivity contribution < 1.29 is 4.74 Å². The first kappa shape index (κ1) is 10.6. The van der Waals surface area contributed by atoms with Crippen LogP contribution in [0.2, 0.25) is 5.02 Å². The van der Waals surface area contributed by atoms with Crippen molar-refractivity contribution in [2.45, 2.75) is 32.2 Å². The molecule has 2 nitrogen and oxygen atoms in total. The highest BCUT2D eigenvalue weighted by molar-refractivity contribution is 6.30. The van der Waals surface area contributed by atoms with E-state index in [-0.39, 0.29) is 0 Å². The second-order valence-corrected chi connectivity index (χ2v) is 4.28. The summed E-state index contributed by atoms with van der Waals surface area (Å²) in [7, 11) is 0. The highest BCUT2D eigenvalue weighted by atomic mass is 35.5. The lowest BCUT2D eigenvalue weighted by Gasteiger charge is -2.28. The molecule has 15 heavy (non-hydrogen) atoms. The molecule has 1 aromatic rings. The molecule has 1 N–H and O–H groups in total. The van der Waals surface area contributed by atoms with Crippen molar-refractivity contribution in [1.82, 2.24) is 0 Å². The lowest BCUT2D eigenvalue weighted by Crippen LogP contribution is -2.27. The summed E-state index contributed by atoms with van der Waals surface area (Å²) in [5.41, 5.74) is 1.02. The number of nitrogens with one attached hydrogen (secondary N) is 1. The smallest absolute Gasteiger partial charge is 0.142 e. The van der Waals surface area contributed by atoms with Crippen molar-refractivity contribution in [3.63, 3.8) is 0 Å². The van der Waals surface area contributed by atoms with E-state index in [1.54, 1.807) is 0 Å². The van der Waals surface area contributed by atoms with E-state index in [0.717, 1.165) is 16.5 Å². The Morgan fingerprint density at radius 3 is 2.87 bits per heavy atom. The van der Waals surface area contributed by atoms with Gasteiger partial charge in [0.05, 0.1) is 12.3 Å². The van der Waals surface area contributed by atoms with Crippen LogP contribution >= 0.6 is 11.6 Å². The predicted molar refractivity (Wildman–Crippen MR) is 63.9 cm³/mol. The summed E-state index contributed by atoms with van der Waals surface area (Å²) in [5, 5.41) is 4.21. The number of ether oxygens (including phenoxy) is 1. The molecule has 3 heteroatoms. The Morgan fingerprint density at radius 1 is 1.47 bits per heavy atom. The first-order valence-corrected chi connectivity index (χ1v) is 5.86. The second kappa shape index (κ2) is 4.75. The Kier molecular flexibility index (Phi) is 3.37. The fraction of sp³-hybridized carbons (Fsp3) is 0.500. The third-order valence-corrected chi connectivity index (χ3v) is 2.94. The second-order valence-electron chi connectivity index (χ2n) is 3.85. The zero-order chi connectivity index (χ0) is 10.7. The van der Waals surface area contributed by atoms with Crippen LogP contribution in [-0.4, -0.2) is 12.6 Å². The molecule has 0 atom stereocenters. The molecule has 0 amide bonds. The van der Waals surface area contributed by atoms with Gasteiger partial charge in [0.2, 0.25) is 0 Å². The third-order valence-electron chi connectivity index (χ3n) is 2.71. The first-order valence-electron chi connectivity index (χ1n) is 5.48. The van der Waals surface area contributed by atoms with Gasteiger partial charge in [0.1, 0.15) is 5.75 Å². The zero-order valence-corrected chi connectivity index (χ0v) is 9.68. The number of halogens is 1. The lowest BCUT2D eigenvalue weighted by molar-refractivity contribution is 0.340. The summed E-state index contributed by atoms with van der Waals surface area (Å²) in [6.07, 6.45) is 3.82. The molecule has 0 saturated heterocycles. The average molecular weight is 226 g/mol. The van der Waals surface area contributed by atoms with Gasteiger partial charge in [0, 0.05) is 11.1 Å². The van der Waals surface area contributed by atoms with E-state index in [0.29, 0.717) is 12.6 Å².